The van der Waals surface area contributed by atoms with Gasteiger partial charge in [-0.1, -0.05) is 0 Å². The number of hydrogen-bond donors (Lipinski definition) is 0. The van der Waals surface area contributed by atoms with E-state index in [0.29, 0.717) is 11.1 Å². The Labute approximate surface area is 59.2 Å². The van der Waals surface area contributed by atoms with Gasteiger partial charge in [-0.3, -0.25) is 4.79 Å². The highest BCUT2D eigenvalue weighted by Crippen LogP contribution is 2.20. The summed E-state index contributed by atoms with van der Waals surface area (Å²) in [6, 6.07) is 0. The smallest absolute Gasteiger partial charge is 0.162 e. The lowest BCUT2D eigenvalue weighted by molar-refractivity contribution is -0.115. The van der Waals surface area contributed by atoms with Crippen molar-refractivity contribution in [1.82, 2.24) is 0 Å². The number of carbonyl (C=O) groups excluding carboxylic acids is 1. The van der Waals surface area contributed by atoms with E-state index in [4.69, 9.17) is 0 Å². The first kappa shape index (κ1) is 7.19. The Morgan fingerprint density at radius 1 is 1.50 bits per heavy atom. The van der Waals surface area contributed by atoms with Crippen LogP contribution in [0.25, 0.3) is 0 Å². The quantitative estimate of drug-likeness (QED) is 0.503. The van der Waals surface area contributed by atoms with E-state index in [9.17, 15) is 9.18 Å². The van der Waals surface area contributed by atoms with Gasteiger partial charge in [0.1, 0.15) is 5.83 Å². The zero-order valence-corrected chi connectivity index (χ0v) is 6.07. The topological polar surface area (TPSA) is 17.1 Å². The van der Waals surface area contributed by atoms with Crippen LogP contribution in [-0.2, 0) is 4.79 Å². The Hall–Kier alpha value is -0.920. The summed E-state index contributed by atoms with van der Waals surface area (Å²) in [6.45, 7) is 3.27. The molecule has 0 aromatic rings. The van der Waals surface area contributed by atoms with Crippen LogP contribution in [0.4, 0.5) is 4.39 Å². The van der Waals surface area contributed by atoms with Crippen molar-refractivity contribution in [2.24, 2.45) is 0 Å². The molecule has 1 aliphatic carbocycles. The number of rotatable bonds is 0. The average molecular weight is 140 g/mol. The van der Waals surface area contributed by atoms with E-state index in [0.717, 1.165) is 0 Å². The molecule has 0 aromatic carbocycles. The molecule has 1 aliphatic rings. The van der Waals surface area contributed by atoms with Gasteiger partial charge in [-0.15, -0.1) is 0 Å². The minimum absolute atomic E-state index is 0.0268. The predicted molar refractivity (Wildman–Crippen MR) is 37.2 cm³/mol. The molecule has 0 unspecified atom stereocenters. The summed E-state index contributed by atoms with van der Waals surface area (Å²) in [6.07, 6.45) is 1.54. The molecule has 0 aliphatic heterocycles. The highest BCUT2D eigenvalue weighted by molar-refractivity contribution is 5.98. The number of ketones is 1. The fourth-order valence-corrected chi connectivity index (χ4v) is 0.858. The Morgan fingerprint density at radius 3 is 2.60 bits per heavy atom. The summed E-state index contributed by atoms with van der Waals surface area (Å²) in [5.41, 5.74) is 1.05. The average Bonchev–Trinajstić information content (AvgIpc) is 1.84. The van der Waals surface area contributed by atoms with E-state index in [1.807, 2.05) is 0 Å². The molecule has 0 atom stereocenters. The van der Waals surface area contributed by atoms with Gasteiger partial charge in [0.2, 0.25) is 0 Å². The number of allylic oxidation sites excluding steroid dienone is 4. The van der Waals surface area contributed by atoms with E-state index >= 15 is 0 Å². The molecule has 0 fully saturated rings. The number of halogens is 1. The van der Waals surface area contributed by atoms with Gasteiger partial charge in [-0.25, -0.2) is 4.39 Å². The van der Waals surface area contributed by atoms with Crippen molar-refractivity contribution in [3.05, 3.63) is 23.0 Å². The maximum absolute atomic E-state index is 12.7. The van der Waals surface area contributed by atoms with Crippen LogP contribution in [0.3, 0.4) is 0 Å². The van der Waals surface area contributed by atoms with Crippen LogP contribution in [0.5, 0.6) is 0 Å². The fourth-order valence-electron chi connectivity index (χ4n) is 0.858. The minimum atomic E-state index is -0.253. The third-order valence-electron chi connectivity index (χ3n) is 1.62. The molecule has 0 heterocycles. The van der Waals surface area contributed by atoms with Gasteiger partial charge in [0.25, 0.3) is 0 Å². The molecule has 0 amide bonds. The Morgan fingerprint density at radius 2 is 2.10 bits per heavy atom. The molecule has 0 spiro atoms. The maximum atomic E-state index is 12.7. The number of Topliss-reactive ketones (excluding diaryl/α,β-unsaturated/α-hetero) is 1. The second-order valence-electron chi connectivity index (χ2n) is 2.56. The summed E-state index contributed by atoms with van der Waals surface area (Å²) in [5.74, 6) is -0.226. The zero-order valence-electron chi connectivity index (χ0n) is 6.07. The van der Waals surface area contributed by atoms with E-state index < -0.39 is 0 Å². The highest BCUT2D eigenvalue weighted by atomic mass is 19.1. The first-order valence-corrected chi connectivity index (χ1v) is 3.18. The van der Waals surface area contributed by atoms with Crippen molar-refractivity contribution in [3.63, 3.8) is 0 Å². The normalized spacial score (nSPS) is 19.5. The third kappa shape index (κ3) is 1.15. The van der Waals surface area contributed by atoms with Crippen LogP contribution >= 0.6 is 0 Å². The lowest BCUT2D eigenvalue weighted by Crippen LogP contribution is -2.05. The van der Waals surface area contributed by atoms with Gasteiger partial charge < -0.3 is 0 Å². The van der Waals surface area contributed by atoms with Crippen molar-refractivity contribution in [3.8, 4) is 0 Å². The van der Waals surface area contributed by atoms with Crippen molar-refractivity contribution < 1.29 is 9.18 Å². The van der Waals surface area contributed by atoms with Gasteiger partial charge in [0.05, 0.1) is 0 Å². The maximum Gasteiger partial charge on any atom is 0.162 e. The van der Waals surface area contributed by atoms with E-state index in [1.54, 1.807) is 13.8 Å². The SMILES string of the molecule is CC1=CC(F)=C(C)CC1=O. The summed E-state index contributed by atoms with van der Waals surface area (Å²) >= 11 is 0. The molecular formula is C8H9FO. The van der Waals surface area contributed by atoms with Crippen LogP contribution in [0.15, 0.2) is 23.0 Å². The Bertz CT molecular complexity index is 236. The van der Waals surface area contributed by atoms with Crippen LogP contribution in [0.1, 0.15) is 20.3 Å². The van der Waals surface area contributed by atoms with Gasteiger partial charge in [-0.2, -0.15) is 0 Å². The van der Waals surface area contributed by atoms with Gasteiger partial charge in [0.15, 0.2) is 5.78 Å². The summed E-state index contributed by atoms with van der Waals surface area (Å²) in [4.78, 5) is 10.9. The van der Waals surface area contributed by atoms with Crippen LogP contribution in [-0.4, -0.2) is 5.78 Å². The van der Waals surface area contributed by atoms with Gasteiger partial charge in [-0.05, 0) is 31.1 Å². The number of carbonyl (C=O) groups is 1. The molecule has 10 heavy (non-hydrogen) atoms. The Kier molecular flexibility index (Phi) is 1.70. The molecule has 0 bridgehead atoms. The fraction of sp³-hybridized carbons (Fsp3) is 0.375. The first-order valence-electron chi connectivity index (χ1n) is 3.18. The van der Waals surface area contributed by atoms with E-state index in [-0.39, 0.29) is 18.0 Å². The van der Waals surface area contributed by atoms with Crippen molar-refractivity contribution in [1.29, 1.82) is 0 Å². The van der Waals surface area contributed by atoms with Crippen LogP contribution < -0.4 is 0 Å². The monoisotopic (exact) mass is 140 g/mol. The lowest BCUT2D eigenvalue weighted by Gasteiger charge is -2.07. The molecule has 0 saturated heterocycles. The zero-order chi connectivity index (χ0) is 7.72. The molecule has 0 radical (unpaired) electrons. The van der Waals surface area contributed by atoms with Gasteiger partial charge >= 0.3 is 0 Å². The predicted octanol–water partition coefficient (Wildman–Crippen LogP) is 2.15. The van der Waals surface area contributed by atoms with E-state index in [2.05, 4.69) is 0 Å². The molecule has 2 heteroatoms. The summed E-state index contributed by atoms with van der Waals surface area (Å²) in [7, 11) is 0. The molecule has 54 valence electrons. The van der Waals surface area contributed by atoms with Crippen molar-refractivity contribution in [2.45, 2.75) is 20.3 Å². The molecule has 1 nitrogen and oxygen atoms in total. The highest BCUT2D eigenvalue weighted by Gasteiger charge is 2.14. The van der Waals surface area contributed by atoms with Crippen LogP contribution in [0, 0.1) is 0 Å². The van der Waals surface area contributed by atoms with Gasteiger partial charge in [0, 0.05) is 6.42 Å². The largest absolute Gasteiger partial charge is 0.294 e. The second-order valence-corrected chi connectivity index (χ2v) is 2.56. The lowest BCUT2D eigenvalue weighted by atomic mass is 9.99. The summed E-state index contributed by atoms with van der Waals surface area (Å²) in [5, 5.41) is 0. The molecule has 1 rings (SSSR count). The van der Waals surface area contributed by atoms with Crippen LogP contribution in [0.2, 0.25) is 0 Å². The molecule has 0 aromatic heterocycles. The first-order chi connectivity index (χ1) is 4.61. The van der Waals surface area contributed by atoms with E-state index in [1.165, 1.54) is 6.08 Å². The second kappa shape index (κ2) is 2.37. The standard InChI is InChI=1S/C8H9FO/c1-5-4-8(10)6(2)3-7(5)9/h3H,4H2,1-2H3. The molecular weight excluding hydrogens is 131 g/mol. The van der Waals surface area contributed by atoms with Crippen molar-refractivity contribution in [2.75, 3.05) is 0 Å². The van der Waals surface area contributed by atoms with Crippen molar-refractivity contribution >= 4 is 5.78 Å². The number of hydrogen-bond acceptors (Lipinski definition) is 1. The Balaban J connectivity index is 2.99. The minimum Gasteiger partial charge on any atom is -0.294 e. The molecule has 0 saturated carbocycles. The third-order valence-corrected chi connectivity index (χ3v) is 1.62. The summed E-state index contributed by atoms with van der Waals surface area (Å²) < 4.78 is 12.7. The molecule has 0 N–H and O–H groups in total.